The van der Waals surface area contributed by atoms with Gasteiger partial charge in [-0.3, -0.25) is 0 Å². The number of nitrogens with zero attached hydrogens (tertiary/aromatic N) is 2. The zero-order valence-corrected chi connectivity index (χ0v) is 37.3. The van der Waals surface area contributed by atoms with Gasteiger partial charge in [0.2, 0.25) is 0 Å². The third-order valence-electron chi connectivity index (χ3n) is 13.8. The summed E-state index contributed by atoms with van der Waals surface area (Å²) < 4.78 is 0. The monoisotopic (exact) mass is 806 g/mol. The number of aromatic amines is 2. The molecule has 8 aliphatic carbocycles. The smallest absolute Gasteiger partial charge is 0.129 e. The summed E-state index contributed by atoms with van der Waals surface area (Å²) in [5.41, 5.74) is 34.5. The van der Waals surface area contributed by atoms with E-state index in [9.17, 15) is 0 Å². The SMILES string of the molecule is C[Si](C)(C)C#Cc1c2nc(cc3[nH]c(c(C#C[Si](C)(C)C)c4nc(cc5[nH]c1c1c6ccc(c51)CC6)-c1c5ccc(c1-4)CC5)c1c4ccc(c31)CC4)-c1c3ccc(c1-2)CC3. The van der Waals surface area contributed by atoms with Crippen LogP contribution in [0.1, 0.15) is 55.6 Å². The Morgan fingerprint density at radius 2 is 0.733 bits per heavy atom. The molecule has 0 unspecified atom stereocenters. The second-order valence-corrected chi connectivity index (χ2v) is 29.6. The van der Waals surface area contributed by atoms with Crippen LogP contribution in [0.4, 0.5) is 0 Å². The van der Waals surface area contributed by atoms with Gasteiger partial charge in [-0.05, 0) is 108 Å². The Morgan fingerprint density at radius 3 is 1.07 bits per heavy atom. The van der Waals surface area contributed by atoms with Crippen LogP contribution in [-0.2, 0) is 51.4 Å². The minimum absolute atomic E-state index is 1.02. The van der Waals surface area contributed by atoms with Crippen molar-refractivity contribution in [2.24, 2.45) is 0 Å². The molecule has 3 aromatic heterocycles. The highest BCUT2D eigenvalue weighted by Crippen LogP contribution is 2.51. The van der Waals surface area contributed by atoms with Crippen LogP contribution in [0.2, 0.25) is 39.3 Å². The van der Waals surface area contributed by atoms with E-state index >= 15 is 0 Å². The molecule has 0 saturated carbocycles. The molecule has 2 N–H and O–H groups in total. The lowest BCUT2D eigenvalue weighted by Crippen LogP contribution is -2.16. The summed E-state index contributed by atoms with van der Waals surface area (Å²) in [6, 6.07) is 23.6. The van der Waals surface area contributed by atoms with E-state index < -0.39 is 16.1 Å². The van der Waals surface area contributed by atoms with E-state index in [1.807, 2.05) is 0 Å². The minimum Gasteiger partial charge on any atom is -0.353 e. The first-order valence-corrected chi connectivity index (χ1v) is 29.0. The van der Waals surface area contributed by atoms with Gasteiger partial charge in [-0.1, -0.05) is 99.7 Å². The van der Waals surface area contributed by atoms with Crippen molar-refractivity contribution in [1.82, 2.24) is 19.9 Å². The van der Waals surface area contributed by atoms with Gasteiger partial charge in [0, 0.05) is 54.8 Å². The topological polar surface area (TPSA) is 57.4 Å². The van der Waals surface area contributed by atoms with Gasteiger partial charge in [-0.2, -0.15) is 0 Å². The highest BCUT2D eigenvalue weighted by Gasteiger charge is 2.33. The highest BCUT2D eigenvalue weighted by molar-refractivity contribution is 6.84. The summed E-state index contributed by atoms with van der Waals surface area (Å²) in [7, 11) is -3.59. The molecule has 6 heteroatoms. The van der Waals surface area contributed by atoms with Gasteiger partial charge in [0.1, 0.15) is 16.1 Å². The van der Waals surface area contributed by atoms with E-state index in [4.69, 9.17) is 9.97 Å². The van der Waals surface area contributed by atoms with Gasteiger partial charge < -0.3 is 9.97 Å². The van der Waals surface area contributed by atoms with Crippen molar-refractivity contribution < 1.29 is 0 Å². The van der Waals surface area contributed by atoms with E-state index in [-0.39, 0.29) is 0 Å². The summed E-state index contributed by atoms with van der Waals surface area (Å²) in [6.07, 6.45) is 8.31. The Balaban J connectivity index is 1.32. The molecule has 60 heavy (non-hydrogen) atoms. The summed E-state index contributed by atoms with van der Waals surface area (Å²) in [4.78, 5) is 19.8. The molecule has 0 spiro atoms. The van der Waals surface area contributed by atoms with Crippen LogP contribution >= 0.6 is 0 Å². The van der Waals surface area contributed by atoms with Crippen molar-refractivity contribution in [1.29, 1.82) is 0 Å². The molecule has 7 aromatic rings. The Bertz CT molecular complexity index is 3290. The molecule has 290 valence electrons. The molecule has 0 radical (unpaired) electrons. The third-order valence-corrected chi connectivity index (χ3v) is 15.6. The highest BCUT2D eigenvalue weighted by atomic mass is 28.3. The maximum absolute atomic E-state index is 5.79. The quantitative estimate of drug-likeness (QED) is 0.118. The largest absolute Gasteiger partial charge is 0.353 e. The Hall–Kier alpha value is -5.93. The fraction of sp³-hybridized carbons (Fsp3) is 0.259. The minimum atomic E-state index is -1.79. The van der Waals surface area contributed by atoms with E-state index in [2.05, 4.69) is 133 Å². The van der Waals surface area contributed by atoms with Crippen LogP contribution < -0.4 is 0 Å². The zero-order valence-electron chi connectivity index (χ0n) is 35.3. The number of benzene rings is 4. The first-order valence-electron chi connectivity index (χ1n) is 22.0. The first kappa shape index (κ1) is 34.9. The van der Waals surface area contributed by atoms with Crippen molar-refractivity contribution in [3.8, 4) is 68.0 Å². The lowest BCUT2D eigenvalue weighted by atomic mass is 9.82. The molecule has 16 bridgehead atoms. The average molecular weight is 807 g/mol. The number of rotatable bonds is 0. The van der Waals surface area contributed by atoms with E-state index in [0.29, 0.717) is 0 Å². The van der Waals surface area contributed by atoms with Crippen LogP contribution in [-0.4, -0.2) is 36.1 Å². The Morgan fingerprint density at radius 1 is 0.417 bits per heavy atom. The average Bonchev–Trinajstić information content (AvgIpc) is 4.04. The Kier molecular flexibility index (Phi) is 6.91. The number of hydrogen-bond acceptors (Lipinski definition) is 2. The lowest BCUT2D eigenvalue weighted by Gasteiger charge is -2.20. The standard InChI is InChI=1S/C54H46N4Si2/c1-59(2,3)25-23-37-51-47-33-15-7-29(8-16-33)43(47)39(55-51)27-41-45-31-11-19-35(20-12-31)49(45)53(57-41)38(24-26-60(4,5)6)54-50-36-21-13-32(14-22-36)46(50)42(58-54)28-40-44-30-9-17-34(18-10-30)48(44)52(37)56-40/h7,9,11,13,15,17,19,21,27-28,55,58H,8,10,12,14,16,18,20,22H2,1-6H3. The lowest BCUT2D eigenvalue weighted by molar-refractivity contribution is 0.930. The van der Waals surface area contributed by atoms with Crippen LogP contribution in [0.25, 0.3) is 88.6 Å². The maximum Gasteiger partial charge on any atom is 0.129 e. The van der Waals surface area contributed by atoms with Crippen molar-refractivity contribution in [3.05, 3.63) is 116 Å². The van der Waals surface area contributed by atoms with Crippen LogP contribution in [0.3, 0.4) is 0 Å². The predicted molar refractivity (Wildman–Crippen MR) is 255 cm³/mol. The number of aryl methyl sites for hydroxylation is 8. The van der Waals surface area contributed by atoms with Gasteiger partial charge in [-0.25, -0.2) is 9.97 Å². The normalized spacial score (nSPS) is 15.0. The first-order chi connectivity index (χ1) is 29.0. The molecule has 0 amide bonds. The molecule has 0 saturated heterocycles. The van der Waals surface area contributed by atoms with Gasteiger partial charge in [-0.15, -0.1) is 11.1 Å². The molecule has 0 atom stereocenters. The van der Waals surface area contributed by atoms with Crippen molar-refractivity contribution in [2.45, 2.75) is 90.6 Å². The van der Waals surface area contributed by atoms with Gasteiger partial charge in [0.15, 0.2) is 0 Å². The number of nitrogens with one attached hydrogen (secondary N) is 2. The number of hydrogen-bond donors (Lipinski definition) is 2. The molecule has 5 heterocycles. The van der Waals surface area contributed by atoms with Crippen molar-refractivity contribution >= 4 is 59.8 Å². The van der Waals surface area contributed by atoms with Crippen LogP contribution in [0.5, 0.6) is 0 Å². The molecule has 17 rings (SSSR count). The van der Waals surface area contributed by atoms with E-state index in [1.165, 1.54) is 88.3 Å². The van der Waals surface area contributed by atoms with Crippen LogP contribution in [0.15, 0.2) is 60.7 Å². The van der Waals surface area contributed by atoms with Gasteiger partial charge in [0.25, 0.3) is 0 Å². The zero-order chi connectivity index (χ0) is 40.4. The van der Waals surface area contributed by atoms with Gasteiger partial charge >= 0.3 is 0 Å². The molecule has 4 aromatic carbocycles. The predicted octanol–water partition coefficient (Wildman–Crippen LogP) is 12.1. The fourth-order valence-electron chi connectivity index (χ4n) is 11.2. The number of fused-ring (bicyclic) bond motifs is 16. The van der Waals surface area contributed by atoms with Crippen LogP contribution in [0, 0.1) is 22.9 Å². The molecule has 10 aliphatic rings. The second-order valence-electron chi connectivity index (χ2n) is 20.1. The summed E-state index contributed by atoms with van der Waals surface area (Å²) in [5, 5.41) is 5.24. The summed E-state index contributed by atoms with van der Waals surface area (Å²) >= 11 is 0. The molecule has 2 aliphatic heterocycles. The van der Waals surface area contributed by atoms with E-state index in [0.717, 1.165) is 107 Å². The summed E-state index contributed by atoms with van der Waals surface area (Å²) in [6.45, 7) is 14.1. The molecular formula is C54H46N4Si2. The second kappa shape index (κ2) is 11.9. The molecular weight excluding hydrogens is 761 g/mol. The maximum atomic E-state index is 5.79. The third kappa shape index (κ3) is 4.93. The van der Waals surface area contributed by atoms with Gasteiger partial charge in [0.05, 0.1) is 44.9 Å². The molecule has 4 nitrogen and oxygen atoms in total. The Labute approximate surface area is 353 Å². The summed E-state index contributed by atoms with van der Waals surface area (Å²) in [5.74, 6) is 7.78. The fourth-order valence-corrected chi connectivity index (χ4v) is 12.2. The van der Waals surface area contributed by atoms with E-state index in [1.54, 1.807) is 0 Å². The number of H-pyrrole nitrogens is 2. The van der Waals surface area contributed by atoms with Crippen molar-refractivity contribution in [2.75, 3.05) is 0 Å². The number of aromatic nitrogens is 4. The molecule has 0 fully saturated rings. The van der Waals surface area contributed by atoms with Crippen molar-refractivity contribution in [3.63, 3.8) is 0 Å².